The fourth-order valence-corrected chi connectivity index (χ4v) is 8.13. The molecule has 174 valence electrons. The monoisotopic (exact) mass is 468 g/mol. The van der Waals surface area contributed by atoms with Crippen LogP contribution in [0.4, 0.5) is 5.69 Å². The molecular weight excluding hydrogens is 440 g/mol. The maximum Gasteiger partial charge on any atom is 0.310 e. The van der Waals surface area contributed by atoms with Crippen molar-refractivity contribution in [3.05, 3.63) is 42.5 Å². The van der Waals surface area contributed by atoms with Gasteiger partial charge < -0.3 is 20.1 Å². The molecule has 2 aromatic carbocycles. The molecule has 1 spiro atoms. The van der Waals surface area contributed by atoms with E-state index in [2.05, 4.69) is 5.32 Å². The lowest BCUT2D eigenvalue weighted by Crippen LogP contribution is -2.54. The Bertz CT molecular complexity index is 1120. The van der Waals surface area contributed by atoms with Crippen LogP contribution < -0.4 is 5.32 Å². The molecule has 33 heavy (non-hydrogen) atoms. The van der Waals surface area contributed by atoms with Gasteiger partial charge in [-0.1, -0.05) is 30.3 Å². The van der Waals surface area contributed by atoms with Gasteiger partial charge in [-0.3, -0.25) is 14.4 Å². The molecule has 0 radical (unpaired) electrons. The van der Waals surface area contributed by atoms with Crippen LogP contribution in [0.3, 0.4) is 0 Å². The third kappa shape index (κ3) is 3.34. The number of rotatable bonds is 6. The molecule has 3 aliphatic heterocycles. The zero-order valence-electron chi connectivity index (χ0n) is 18.7. The third-order valence-corrected chi connectivity index (χ3v) is 9.25. The number of aliphatic hydroxyl groups excluding tert-OH is 1. The number of carbonyl (C=O) groups is 3. The molecule has 0 saturated carbocycles. The molecule has 2 aromatic rings. The molecule has 8 heteroatoms. The Morgan fingerprint density at radius 2 is 2.03 bits per heavy atom. The SMILES string of the molecule is CCOC(=O)[C@@H]1[C@@H]2CCC3(S2)C(C(=O)Nc2ccc4ccccc4c2)N([C@H](C)CO)C(=O)[C@H]13. The van der Waals surface area contributed by atoms with Crippen molar-refractivity contribution in [2.24, 2.45) is 11.8 Å². The van der Waals surface area contributed by atoms with Crippen LogP contribution in [-0.2, 0) is 19.1 Å². The Balaban J connectivity index is 1.50. The Morgan fingerprint density at radius 1 is 1.27 bits per heavy atom. The van der Waals surface area contributed by atoms with Crippen molar-refractivity contribution in [3.63, 3.8) is 0 Å². The molecule has 6 atom stereocenters. The van der Waals surface area contributed by atoms with Crippen molar-refractivity contribution in [2.75, 3.05) is 18.5 Å². The number of aliphatic hydroxyl groups is 1. The highest BCUT2D eigenvalue weighted by Crippen LogP contribution is 2.66. The van der Waals surface area contributed by atoms with Gasteiger partial charge in [-0.2, -0.15) is 0 Å². The Labute approximate surface area is 196 Å². The number of benzene rings is 2. The average Bonchev–Trinajstić information content (AvgIpc) is 3.46. The highest BCUT2D eigenvalue weighted by Gasteiger charge is 2.74. The summed E-state index contributed by atoms with van der Waals surface area (Å²) in [5.74, 6) is -2.03. The van der Waals surface area contributed by atoms with E-state index in [4.69, 9.17) is 4.74 Å². The second-order valence-electron chi connectivity index (χ2n) is 9.14. The Morgan fingerprint density at radius 3 is 2.76 bits per heavy atom. The summed E-state index contributed by atoms with van der Waals surface area (Å²) in [6.07, 6.45) is 1.44. The number of esters is 1. The lowest BCUT2D eigenvalue weighted by Gasteiger charge is -2.35. The van der Waals surface area contributed by atoms with Gasteiger partial charge in [-0.05, 0) is 49.6 Å². The average molecular weight is 469 g/mol. The standard InChI is InChI=1S/C25H28N2O5S/c1-3-32-24(31)19-18-10-11-25(33-18)20(19)23(30)27(14(2)13-28)21(25)22(29)26-17-9-8-15-6-4-5-7-16(15)12-17/h4-9,12,14,18-21,28H,3,10-11,13H2,1-2H3,(H,26,29)/t14-,18+,19-,20+,21?,25?/m1/s1. The topological polar surface area (TPSA) is 95.9 Å². The van der Waals surface area contributed by atoms with Gasteiger partial charge in [-0.25, -0.2) is 0 Å². The van der Waals surface area contributed by atoms with Crippen LogP contribution in [-0.4, -0.2) is 63.1 Å². The van der Waals surface area contributed by atoms with Gasteiger partial charge in [0.05, 0.1) is 35.8 Å². The minimum Gasteiger partial charge on any atom is -0.466 e. The molecule has 0 aromatic heterocycles. The number of amides is 2. The largest absolute Gasteiger partial charge is 0.466 e. The van der Waals surface area contributed by atoms with Crippen molar-refractivity contribution in [3.8, 4) is 0 Å². The number of hydrogen-bond acceptors (Lipinski definition) is 6. The van der Waals surface area contributed by atoms with Crippen LogP contribution in [0.1, 0.15) is 26.7 Å². The number of ether oxygens (including phenoxy) is 1. The summed E-state index contributed by atoms with van der Waals surface area (Å²) >= 11 is 1.59. The maximum atomic E-state index is 13.7. The highest BCUT2D eigenvalue weighted by atomic mass is 32.2. The van der Waals surface area contributed by atoms with Gasteiger partial charge in [0.15, 0.2) is 0 Å². The van der Waals surface area contributed by atoms with Gasteiger partial charge >= 0.3 is 5.97 Å². The molecule has 7 nitrogen and oxygen atoms in total. The summed E-state index contributed by atoms with van der Waals surface area (Å²) in [4.78, 5) is 41.7. The first-order valence-corrected chi connectivity index (χ1v) is 12.4. The minimum atomic E-state index is -0.766. The molecular formula is C25H28N2O5S. The van der Waals surface area contributed by atoms with E-state index < -0.39 is 28.7 Å². The van der Waals surface area contributed by atoms with E-state index in [9.17, 15) is 19.5 Å². The number of thioether (sulfide) groups is 1. The molecule has 2 N–H and O–H groups in total. The Hall–Kier alpha value is -2.58. The number of nitrogens with zero attached hydrogens (tertiary/aromatic N) is 1. The van der Waals surface area contributed by atoms with Crippen LogP contribution in [0.2, 0.25) is 0 Å². The lowest BCUT2D eigenvalue weighted by atomic mass is 9.71. The van der Waals surface area contributed by atoms with Crippen molar-refractivity contribution in [1.29, 1.82) is 0 Å². The van der Waals surface area contributed by atoms with E-state index in [0.717, 1.165) is 17.2 Å². The van der Waals surface area contributed by atoms with Crippen molar-refractivity contribution in [1.82, 2.24) is 4.90 Å². The summed E-state index contributed by atoms with van der Waals surface area (Å²) in [6.45, 7) is 3.49. The quantitative estimate of drug-likeness (QED) is 0.633. The van der Waals surface area contributed by atoms with Gasteiger partial charge in [0.2, 0.25) is 11.8 Å². The molecule has 3 heterocycles. The van der Waals surface area contributed by atoms with Crippen molar-refractivity contribution in [2.45, 2.75) is 48.8 Å². The normalized spacial score (nSPS) is 31.0. The molecule has 2 amide bonds. The second-order valence-corrected chi connectivity index (χ2v) is 10.7. The maximum absolute atomic E-state index is 13.7. The first kappa shape index (κ1) is 22.2. The van der Waals surface area contributed by atoms with Gasteiger partial charge in [0.1, 0.15) is 6.04 Å². The molecule has 2 unspecified atom stereocenters. The summed E-state index contributed by atoms with van der Waals surface area (Å²) in [5, 5.41) is 15.0. The number of likely N-dealkylation sites (tertiary alicyclic amines) is 1. The van der Waals surface area contributed by atoms with Crippen LogP contribution in [0.25, 0.3) is 10.8 Å². The first-order chi connectivity index (χ1) is 15.9. The number of fused-ring (bicyclic) bond motifs is 2. The van der Waals surface area contributed by atoms with E-state index in [1.54, 1.807) is 25.6 Å². The molecule has 0 aliphatic carbocycles. The fraction of sp³-hybridized carbons (Fsp3) is 0.480. The van der Waals surface area contributed by atoms with E-state index in [1.165, 1.54) is 4.90 Å². The van der Waals surface area contributed by atoms with E-state index in [1.807, 2.05) is 42.5 Å². The predicted molar refractivity (Wildman–Crippen MR) is 127 cm³/mol. The number of carbonyl (C=O) groups excluding carboxylic acids is 3. The molecule has 3 aliphatic rings. The van der Waals surface area contributed by atoms with Crippen molar-refractivity contribution >= 4 is 46.0 Å². The smallest absolute Gasteiger partial charge is 0.310 e. The Kier molecular flexibility index (Phi) is 5.61. The van der Waals surface area contributed by atoms with E-state index in [0.29, 0.717) is 12.1 Å². The molecule has 2 bridgehead atoms. The van der Waals surface area contributed by atoms with E-state index in [-0.39, 0.29) is 36.2 Å². The lowest BCUT2D eigenvalue weighted by molar-refractivity contribution is -0.154. The zero-order chi connectivity index (χ0) is 23.3. The number of anilines is 1. The predicted octanol–water partition coefficient (Wildman–Crippen LogP) is 2.81. The van der Waals surface area contributed by atoms with Gasteiger partial charge in [-0.15, -0.1) is 11.8 Å². The second kappa shape index (κ2) is 8.33. The summed E-state index contributed by atoms with van der Waals surface area (Å²) < 4.78 is 4.62. The van der Waals surface area contributed by atoms with Crippen LogP contribution in [0.15, 0.2) is 42.5 Å². The van der Waals surface area contributed by atoms with Gasteiger partial charge in [0.25, 0.3) is 0 Å². The molecule has 5 rings (SSSR count). The highest BCUT2D eigenvalue weighted by molar-refractivity contribution is 8.02. The van der Waals surface area contributed by atoms with Crippen molar-refractivity contribution < 1.29 is 24.2 Å². The van der Waals surface area contributed by atoms with Crippen LogP contribution in [0, 0.1) is 11.8 Å². The van der Waals surface area contributed by atoms with E-state index >= 15 is 0 Å². The molecule has 3 saturated heterocycles. The summed E-state index contributed by atoms with van der Waals surface area (Å²) in [5.41, 5.74) is 0.655. The summed E-state index contributed by atoms with van der Waals surface area (Å²) in [6, 6.07) is 12.3. The summed E-state index contributed by atoms with van der Waals surface area (Å²) in [7, 11) is 0. The number of hydrogen-bond donors (Lipinski definition) is 2. The fourth-order valence-electron chi connectivity index (χ4n) is 5.94. The molecule has 3 fully saturated rings. The van der Waals surface area contributed by atoms with Gasteiger partial charge in [0, 0.05) is 10.9 Å². The van der Waals surface area contributed by atoms with Crippen LogP contribution >= 0.6 is 11.8 Å². The first-order valence-electron chi connectivity index (χ1n) is 11.5. The number of nitrogens with one attached hydrogen (secondary N) is 1. The van der Waals surface area contributed by atoms with Crippen LogP contribution in [0.5, 0.6) is 0 Å². The zero-order valence-corrected chi connectivity index (χ0v) is 19.5. The third-order valence-electron chi connectivity index (χ3n) is 7.30. The minimum absolute atomic E-state index is 0.0273.